The molecule has 0 atom stereocenters. The fourth-order valence-electron chi connectivity index (χ4n) is 3.75. The van der Waals surface area contributed by atoms with Crippen LogP contribution in [0.2, 0.25) is 0 Å². The second-order valence-corrected chi connectivity index (χ2v) is 7.59. The number of benzene rings is 2. The molecule has 7 nitrogen and oxygen atoms in total. The average molecular weight is 467 g/mol. The van der Waals surface area contributed by atoms with Crippen LogP contribution in [0.4, 0.5) is 24.5 Å². The Morgan fingerprint density at radius 1 is 0.970 bits per heavy atom. The van der Waals surface area contributed by atoms with E-state index in [-0.39, 0.29) is 12.3 Å². The molecule has 2 aromatic carbocycles. The zero-order valence-corrected chi connectivity index (χ0v) is 18.9. The molecule has 180 valence electrons. The van der Waals surface area contributed by atoms with Crippen molar-refractivity contribution < 1.29 is 32.2 Å². The highest BCUT2D eigenvalue weighted by molar-refractivity contribution is 5.91. The smallest absolute Gasteiger partial charge is 0.416 e. The minimum absolute atomic E-state index is 0.162. The molecule has 1 amide bonds. The third-order valence-electron chi connectivity index (χ3n) is 5.51. The van der Waals surface area contributed by atoms with Gasteiger partial charge in [0.25, 0.3) is 0 Å². The maximum absolute atomic E-state index is 13.0. The maximum atomic E-state index is 13.0. The largest absolute Gasteiger partial charge is 0.493 e. The molecule has 10 heteroatoms. The summed E-state index contributed by atoms with van der Waals surface area (Å²) in [6, 6.07) is 8.70. The number of carbonyl (C=O) groups is 1. The van der Waals surface area contributed by atoms with Gasteiger partial charge in [0.05, 0.1) is 26.9 Å². The zero-order chi connectivity index (χ0) is 24.0. The second-order valence-electron chi connectivity index (χ2n) is 7.59. The van der Waals surface area contributed by atoms with Crippen LogP contribution in [0.25, 0.3) is 0 Å². The van der Waals surface area contributed by atoms with Gasteiger partial charge in [-0.3, -0.25) is 9.69 Å². The lowest BCUT2D eigenvalue weighted by Gasteiger charge is -2.36. The van der Waals surface area contributed by atoms with Crippen molar-refractivity contribution in [1.82, 2.24) is 4.90 Å². The summed E-state index contributed by atoms with van der Waals surface area (Å²) in [5, 5.41) is 2.84. The van der Waals surface area contributed by atoms with Crippen LogP contribution in [0.15, 0.2) is 36.4 Å². The van der Waals surface area contributed by atoms with Crippen LogP contribution in [0.3, 0.4) is 0 Å². The van der Waals surface area contributed by atoms with Crippen LogP contribution in [0.1, 0.15) is 12.0 Å². The number of halogens is 3. The lowest BCUT2D eigenvalue weighted by Crippen LogP contribution is -2.47. The first kappa shape index (κ1) is 24.5. The highest BCUT2D eigenvalue weighted by Crippen LogP contribution is 2.40. The summed E-state index contributed by atoms with van der Waals surface area (Å²) in [6.07, 6.45) is -4.08. The van der Waals surface area contributed by atoms with E-state index in [1.807, 2.05) is 4.90 Å². The SMILES string of the molecule is COc1cc(NC(=O)CCN2CCN(c3cccc(C(F)(F)F)c3)CC2)cc(OC)c1OC. The number of piperazine rings is 1. The highest BCUT2D eigenvalue weighted by Gasteiger charge is 2.31. The van der Waals surface area contributed by atoms with Crippen LogP contribution in [-0.4, -0.2) is 64.9 Å². The molecule has 0 bridgehead atoms. The molecule has 1 fully saturated rings. The third kappa shape index (κ3) is 6.22. The number of anilines is 2. The van der Waals surface area contributed by atoms with Crippen molar-refractivity contribution in [3.8, 4) is 17.2 Å². The maximum Gasteiger partial charge on any atom is 0.416 e. The molecule has 0 aliphatic carbocycles. The van der Waals surface area contributed by atoms with E-state index in [0.717, 1.165) is 6.07 Å². The van der Waals surface area contributed by atoms with Gasteiger partial charge in [-0.05, 0) is 18.2 Å². The Labute approximate surface area is 191 Å². The molecule has 0 saturated carbocycles. The molecule has 0 spiro atoms. The Morgan fingerprint density at radius 3 is 2.15 bits per heavy atom. The number of ether oxygens (including phenoxy) is 3. The first-order valence-electron chi connectivity index (χ1n) is 10.5. The van der Waals surface area contributed by atoms with Gasteiger partial charge < -0.3 is 24.4 Å². The monoisotopic (exact) mass is 467 g/mol. The van der Waals surface area contributed by atoms with Gasteiger partial charge in [0.15, 0.2) is 11.5 Å². The van der Waals surface area contributed by atoms with Gasteiger partial charge in [0, 0.05) is 62.7 Å². The number of nitrogens with zero attached hydrogens (tertiary/aromatic N) is 2. The minimum Gasteiger partial charge on any atom is -0.493 e. The number of methoxy groups -OCH3 is 3. The van der Waals surface area contributed by atoms with E-state index in [2.05, 4.69) is 10.2 Å². The van der Waals surface area contributed by atoms with E-state index < -0.39 is 11.7 Å². The summed E-state index contributed by atoms with van der Waals surface area (Å²) in [6.45, 7) is 3.06. The topological polar surface area (TPSA) is 63.3 Å². The molecular weight excluding hydrogens is 439 g/mol. The number of amides is 1. The van der Waals surface area contributed by atoms with Gasteiger partial charge in [-0.15, -0.1) is 0 Å². The van der Waals surface area contributed by atoms with Crippen molar-refractivity contribution >= 4 is 17.3 Å². The number of rotatable bonds is 8. The van der Waals surface area contributed by atoms with Crippen LogP contribution in [-0.2, 0) is 11.0 Å². The Bertz CT molecular complexity index is 935. The van der Waals surface area contributed by atoms with Crippen LogP contribution in [0, 0.1) is 0 Å². The van der Waals surface area contributed by atoms with Crippen LogP contribution >= 0.6 is 0 Å². The molecule has 1 N–H and O–H groups in total. The third-order valence-corrected chi connectivity index (χ3v) is 5.51. The molecular formula is C23H28F3N3O4. The summed E-state index contributed by atoms with van der Waals surface area (Å²) in [5.41, 5.74) is 0.444. The quantitative estimate of drug-likeness (QED) is 0.636. The lowest BCUT2D eigenvalue weighted by molar-refractivity contribution is -0.137. The molecule has 0 aromatic heterocycles. The van der Waals surface area contributed by atoms with E-state index in [4.69, 9.17) is 14.2 Å². The van der Waals surface area contributed by atoms with E-state index in [9.17, 15) is 18.0 Å². The van der Waals surface area contributed by atoms with Crippen molar-refractivity contribution in [3.05, 3.63) is 42.0 Å². The van der Waals surface area contributed by atoms with Crippen molar-refractivity contribution in [3.63, 3.8) is 0 Å². The Hall–Kier alpha value is -3.14. The Balaban J connectivity index is 1.51. The predicted molar refractivity (Wildman–Crippen MR) is 119 cm³/mol. The molecule has 1 saturated heterocycles. The second kappa shape index (κ2) is 10.7. The minimum atomic E-state index is -4.36. The van der Waals surface area contributed by atoms with Gasteiger partial charge >= 0.3 is 6.18 Å². The summed E-state index contributed by atoms with van der Waals surface area (Å²) < 4.78 is 54.8. The van der Waals surface area contributed by atoms with Gasteiger partial charge in [-0.2, -0.15) is 13.2 Å². The Kier molecular flexibility index (Phi) is 7.91. The van der Waals surface area contributed by atoms with Gasteiger partial charge in [-0.25, -0.2) is 0 Å². The van der Waals surface area contributed by atoms with Gasteiger partial charge in [0.2, 0.25) is 11.7 Å². The van der Waals surface area contributed by atoms with Crippen molar-refractivity contribution in [1.29, 1.82) is 0 Å². The summed E-state index contributed by atoms with van der Waals surface area (Å²) in [7, 11) is 4.51. The van der Waals surface area contributed by atoms with E-state index >= 15 is 0 Å². The van der Waals surface area contributed by atoms with Crippen LogP contribution < -0.4 is 24.4 Å². The highest BCUT2D eigenvalue weighted by atomic mass is 19.4. The van der Waals surface area contributed by atoms with Crippen molar-refractivity contribution in [2.24, 2.45) is 0 Å². The van der Waals surface area contributed by atoms with E-state index in [1.165, 1.54) is 33.5 Å². The first-order valence-corrected chi connectivity index (χ1v) is 10.5. The summed E-state index contributed by atoms with van der Waals surface area (Å²) >= 11 is 0. The predicted octanol–water partition coefficient (Wildman–Crippen LogP) is 3.88. The summed E-state index contributed by atoms with van der Waals surface area (Å²) in [5.74, 6) is 1.16. The standard InChI is InChI=1S/C23H28F3N3O4/c1-31-19-14-17(15-20(32-2)22(19)33-3)27-21(30)7-8-28-9-11-29(12-10-28)18-6-4-5-16(13-18)23(24,25)26/h4-6,13-15H,7-12H2,1-3H3,(H,27,30). The molecule has 1 aliphatic rings. The Morgan fingerprint density at radius 2 is 1.61 bits per heavy atom. The lowest BCUT2D eigenvalue weighted by atomic mass is 10.1. The van der Waals surface area contributed by atoms with Crippen molar-refractivity contribution in [2.45, 2.75) is 12.6 Å². The number of hydrogen-bond donors (Lipinski definition) is 1. The molecule has 0 unspecified atom stereocenters. The van der Waals surface area contributed by atoms with E-state index in [0.29, 0.717) is 61.3 Å². The van der Waals surface area contributed by atoms with Crippen LogP contribution in [0.5, 0.6) is 17.2 Å². The number of nitrogens with one attached hydrogen (secondary N) is 1. The summed E-state index contributed by atoms with van der Waals surface area (Å²) in [4.78, 5) is 16.5. The number of alkyl halides is 3. The molecule has 0 radical (unpaired) electrons. The number of hydrogen-bond acceptors (Lipinski definition) is 6. The van der Waals surface area contributed by atoms with Crippen molar-refractivity contribution in [2.75, 3.05) is 64.3 Å². The molecule has 33 heavy (non-hydrogen) atoms. The average Bonchev–Trinajstić information content (AvgIpc) is 2.82. The zero-order valence-electron chi connectivity index (χ0n) is 18.9. The first-order chi connectivity index (χ1) is 15.7. The van der Waals surface area contributed by atoms with Gasteiger partial charge in [0.1, 0.15) is 0 Å². The molecule has 2 aromatic rings. The normalized spacial score (nSPS) is 14.7. The fraction of sp³-hybridized carbons (Fsp3) is 0.435. The fourth-order valence-corrected chi connectivity index (χ4v) is 3.75. The molecule has 1 aliphatic heterocycles. The molecule has 1 heterocycles. The van der Waals surface area contributed by atoms with Gasteiger partial charge in [-0.1, -0.05) is 6.07 Å². The number of carbonyl (C=O) groups excluding carboxylic acids is 1. The molecule has 3 rings (SSSR count). The van der Waals surface area contributed by atoms with E-state index in [1.54, 1.807) is 18.2 Å².